The molecule has 0 radical (unpaired) electrons. The van der Waals surface area contributed by atoms with Crippen molar-refractivity contribution in [2.24, 2.45) is 11.1 Å². The van der Waals surface area contributed by atoms with E-state index in [1.54, 1.807) is 0 Å². The van der Waals surface area contributed by atoms with E-state index < -0.39 is 0 Å². The fraction of sp³-hybridized carbons (Fsp3) is 0.417. The van der Waals surface area contributed by atoms with E-state index >= 15 is 0 Å². The van der Waals surface area contributed by atoms with E-state index in [0.29, 0.717) is 11.3 Å². The van der Waals surface area contributed by atoms with Gasteiger partial charge in [0.05, 0.1) is 5.84 Å². The van der Waals surface area contributed by atoms with Gasteiger partial charge in [0.15, 0.2) is 0 Å². The van der Waals surface area contributed by atoms with Crippen LogP contribution in [0.25, 0.3) is 0 Å². The molecule has 0 atom stereocenters. The summed E-state index contributed by atoms with van der Waals surface area (Å²) in [4.78, 5) is 1.29. The molecule has 4 heteroatoms. The summed E-state index contributed by atoms with van der Waals surface area (Å²) in [7, 11) is 0. The second kappa shape index (κ2) is 4.80. The Hall–Kier alpha value is -0.480. The molecule has 0 unspecified atom stereocenters. The highest BCUT2D eigenvalue weighted by molar-refractivity contribution is 9.10. The largest absolute Gasteiger partial charge is 0.388 e. The molecule has 0 spiro atoms. The van der Waals surface area contributed by atoms with Gasteiger partial charge in [-0.3, -0.25) is 5.41 Å². The SMILES string of the molecule is N=C(N)CC1(CSc2ccc(Br)cc2)CC1. The van der Waals surface area contributed by atoms with Crippen LogP contribution in [0.15, 0.2) is 33.6 Å². The highest BCUT2D eigenvalue weighted by Gasteiger charge is 2.42. The summed E-state index contributed by atoms with van der Waals surface area (Å²) in [5.74, 6) is 1.41. The van der Waals surface area contributed by atoms with Crippen molar-refractivity contribution in [2.45, 2.75) is 24.2 Å². The molecule has 1 aliphatic carbocycles. The Morgan fingerprint density at radius 1 is 1.38 bits per heavy atom. The van der Waals surface area contributed by atoms with Crippen molar-refractivity contribution in [1.82, 2.24) is 0 Å². The predicted molar refractivity (Wildman–Crippen MR) is 73.1 cm³/mol. The first-order chi connectivity index (χ1) is 7.60. The van der Waals surface area contributed by atoms with Crippen LogP contribution < -0.4 is 5.73 Å². The molecule has 0 saturated heterocycles. The Morgan fingerprint density at radius 3 is 2.50 bits per heavy atom. The molecule has 86 valence electrons. The van der Waals surface area contributed by atoms with Gasteiger partial charge in [0.2, 0.25) is 0 Å². The van der Waals surface area contributed by atoms with Gasteiger partial charge in [0.25, 0.3) is 0 Å². The van der Waals surface area contributed by atoms with Crippen molar-refractivity contribution < 1.29 is 0 Å². The zero-order valence-corrected chi connectivity index (χ0v) is 11.4. The van der Waals surface area contributed by atoms with Crippen molar-refractivity contribution >= 4 is 33.5 Å². The van der Waals surface area contributed by atoms with Crippen LogP contribution in [0.2, 0.25) is 0 Å². The fourth-order valence-electron chi connectivity index (χ4n) is 1.72. The number of amidine groups is 1. The Kier molecular flexibility index (Phi) is 3.60. The molecule has 1 saturated carbocycles. The maximum atomic E-state index is 7.36. The third-order valence-electron chi connectivity index (χ3n) is 2.88. The Bertz CT molecular complexity index is 385. The van der Waals surface area contributed by atoms with Crippen LogP contribution in [0, 0.1) is 10.8 Å². The van der Waals surface area contributed by atoms with Crippen LogP contribution in [0.5, 0.6) is 0 Å². The van der Waals surface area contributed by atoms with Gasteiger partial charge in [-0.25, -0.2) is 0 Å². The average Bonchev–Trinajstić information content (AvgIpc) is 2.97. The van der Waals surface area contributed by atoms with E-state index in [4.69, 9.17) is 11.1 Å². The first-order valence-corrected chi connectivity index (χ1v) is 7.09. The summed E-state index contributed by atoms with van der Waals surface area (Å²) in [5.41, 5.74) is 5.80. The molecule has 2 nitrogen and oxygen atoms in total. The zero-order valence-electron chi connectivity index (χ0n) is 9.00. The van der Waals surface area contributed by atoms with Crippen molar-refractivity contribution in [3.63, 3.8) is 0 Å². The maximum absolute atomic E-state index is 7.36. The molecule has 1 aromatic rings. The van der Waals surface area contributed by atoms with Crippen LogP contribution in [0.1, 0.15) is 19.3 Å². The van der Waals surface area contributed by atoms with Crippen molar-refractivity contribution in [3.05, 3.63) is 28.7 Å². The number of hydrogen-bond acceptors (Lipinski definition) is 2. The molecular formula is C12H15BrN2S. The van der Waals surface area contributed by atoms with Crippen LogP contribution in [-0.4, -0.2) is 11.6 Å². The molecule has 3 N–H and O–H groups in total. The van der Waals surface area contributed by atoms with Crippen LogP contribution >= 0.6 is 27.7 Å². The normalized spacial score (nSPS) is 17.1. The monoisotopic (exact) mass is 298 g/mol. The first kappa shape index (κ1) is 12.0. The Balaban J connectivity index is 1.87. The molecule has 1 aliphatic rings. The molecule has 0 aliphatic heterocycles. The third kappa shape index (κ3) is 3.25. The number of thioether (sulfide) groups is 1. The van der Waals surface area contributed by atoms with Gasteiger partial charge in [-0.05, 0) is 42.5 Å². The van der Waals surface area contributed by atoms with E-state index in [0.717, 1.165) is 16.6 Å². The lowest BCUT2D eigenvalue weighted by atomic mass is 10.1. The van der Waals surface area contributed by atoms with Crippen molar-refractivity contribution in [2.75, 3.05) is 5.75 Å². The number of benzene rings is 1. The topological polar surface area (TPSA) is 49.9 Å². The molecule has 16 heavy (non-hydrogen) atoms. The number of rotatable bonds is 5. The standard InChI is InChI=1S/C12H15BrN2S/c13-9-1-3-10(4-2-9)16-8-12(5-6-12)7-11(14)15/h1-4H,5-8H2,(H3,14,15). The van der Waals surface area contributed by atoms with Crippen LogP contribution in [-0.2, 0) is 0 Å². The van der Waals surface area contributed by atoms with E-state index in [2.05, 4.69) is 40.2 Å². The maximum Gasteiger partial charge on any atom is 0.0911 e. The van der Waals surface area contributed by atoms with E-state index in [-0.39, 0.29) is 0 Å². The van der Waals surface area contributed by atoms with Crippen molar-refractivity contribution in [3.8, 4) is 0 Å². The molecule has 0 amide bonds. The number of halogens is 1. The Labute approximate surface area is 109 Å². The second-order valence-corrected chi connectivity index (χ2v) is 6.41. The third-order valence-corrected chi connectivity index (χ3v) is 4.77. The van der Waals surface area contributed by atoms with Crippen LogP contribution in [0.4, 0.5) is 0 Å². The minimum Gasteiger partial charge on any atom is -0.388 e. The smallest absolute Gasteiger partial charge is 0.0911 e. The van der Waals surface area contributed by atoms with Gasteiger partial charge < -0.3 is 5.73 Å². The lowest BCUT2D eigenvalue weighted by molar-refractivity contribution is 0.612. The van der Waals surface area contributed by atoms with Gasteiger partial charge >= 0.3 is 0 Å². The first-order valence-electron chi connectivity index (χ1n) is 5.31. The summed E-state index contributed by atoms with van der Waals surface area (Å²) < 4.78 is 1.11. The Morgan fingerprint density at radius 2 is 2.00 bits per heavy atom. The molecule has 0 heterocycles. The molecule has 1 aromatic carbocycles. The molecular weight excluding hydrogens is 284 g/mol. The highest BCUT2D eigenvalue weighted by atomic mass is 79.9. The summed E-state index contributed by atoms with van der Waals surface area (Å²) in [6.45, 7) is 0. The zero-order chi connectivity index (χ0) is 11.6. The highest BCUT2D eigenvalue weighted by Crippen LogP contribution is 2.51. The molecule has 0 aromatic heterocycles. The van der Waals surface area contributed by atoms with E-state index in [1.165, 1.54) is 17.7 Å². The van der Waals surface area contributed by atoms with E-state index in [9.17, 15) is 0 Å². The fourth-order valence-corrected chi connectivity index (χ4v) is 3.18. The van der Waals surface area contributed by atoms with Crippen LogP contribution in [0.3, 0.4) is 0 Å². The second-order valence-electron chi connectivity index (χ2n) is 4.44. The summed E-state index contributed by atoms with van der Waals surface area (Å²) in [6.07, 6.45) is 3.20. The number of nitrogens with one attached hydrogen (secondary N) is 1. The average molecular weight is 299 g/mol. The quantitative estimate of drug-likeness (QED) is 0.495. The van der Waals surface area contributed by atoms with Gasteiger partial charge in [0.1, 0.15) is 0 Å². The minimum absolute atomic E-state index is 0.323. The molecule has 0 bridgehead atoms. The van der Waals surface area contributed by atoms with Gasteiger partial charge in [-0.15, -0.1) is 11.8 Å². The number of nitrogens with two attached hydrogens (primary N) is 1. The molecule has 2 rings (SSSR count). The lowest BCUT2D eigenvalue weighted by Gasteiger charge is -2.13. The van der Waals surface area contributed by atoms with Gasteiger partial charge in [0, 0.05) is 21.5 Å². The minimum atomic E-state index is 0.323. The predicted octanol–water partition coefficient (Wildman–Crippen LogP) is 3.65. The van der Waals surface area contributed by atoms with Gasteiger partial charge in [-0.2, -0.15) is 0 Å². The summed E-state index contributed by atoms with van der Waals surface area (Å²) >= 11 is 5.29. The lowest BCUT2D eigenvalue weighted by Crippen LogP contribution is -2.17. The number of hydrogen-bond donors (Lipinski definition) is 2. The summed E-state index contributed by atoms with van der Waals surface area (Å²) in [6, 6.07) is 8.37. The van der Waals surface area contributed by atoms with E-state index in [1.807, 2.05) is 11.8 Å². The molecule has 1 fully saturated rings. The summed E-state index contributed by atoms with van der Waals surface area (Å²) in [5, 5.41) is 7.36. The van der Waals surface area contributed by atoms with Gasteiger partial charge in [-0.1, -0.05) is 15.9 Å². The van der Waals surface area contributed by atoms with Crippen molar-refractivity contribution in [1.29, 1.82) is 5.41 Å².